The van der Waals surface area contributed by atoms with Crippen molar-refractivity contribution in [3.05, 3.63) is 35.9 Å². The number of hydrogen-bond donors (Lipinski definition) is 1. The van der Waals surface area contributed by atoms with Crippen LogP contribution in [0.15, 0.2) is 30.3 Å². The summed E-state index contributed by atoms with van der Waals surface area (Å²) in [6, 6.07) is 9.87. The van der Waals surface area contributed by atoms with Gasteiger partial charge in [-0.3, -0.25) is 4.79 Å². The maximum absolute atomic E-state index is 11.2. The molecule has 0 unspecified atom stereocenters. The first kappa shape index (κ1) is 9.21. The molecule has 3 heteroatoms. The molecule has 0 aromatic heterocycles. The van der Waals surface area contributed by atoms with Crippen LogP contribution in [0.2, 0.25) is 0 Å². The largest absolute Gasteiger partial charge is 0.369 e. The third kappa shape index (κ3) is 1.63. The number of hydrogen-bond acceptors (Lipinski definition) is 2. The van der Waals surface area contributed by atoms with Crippen LogP contribution in [-0.4, -0.2) is 19.1 Å². The van der Waals surface area contributed by atoms with Crippen LogP contribution in [-0.2, 0) is 15.1 Å². The van der Waals surface area contributed by atoms with Gasteiger partial charge in [0.2, 0.25) is 5.91 Å². The monoisotopic (exact) mass is 191 g/mol. The Kier molecular flexibility index (Phi) is 2.25. The molecule has 2 rings (SSSR count). The molecule has 1 heterocycles. The number of amides is 1. The molecule has 1 aromatic rings. The molecule has 74 valence electrons. The molecule has 1 saturated heterocycles. The van der Waals surface area contributed by atoms with Crippen molar-refractivity contribution in [1.82, 2.24) is 5.32 Å². The van der Waals surface area contributed by atoms with E-state index in [-0.39, 0.29) is 18.1 Å². The molecule has 1 amide bonds. The molecule has 0 aliphatic carbocycles. The van der Waals surface area contributed by atoms with E-state index in [0.717, 1.165) is 5.56 Å². The topological polar surface area (TPSA) is 38.3 Å². The maximum Gasteiger partial charge on any atom is 0.246 e. The van der Waals surface area contributed by atoms with E-state index >= 15 is 0 Å². The first-order valence-corrected chi connectivity index (χ1v) is 4.65. The minimum absolute atomic E-state index is 0.0531. The number of carbonyl (C=O) groups excluding carboxylic acids is 1. The molecule has 3 nitrogen and oxygen atoms in total. The first-order valence-electron chi connectivity index (χ1n) is 4.65. The van der Waals surface area contributed by atoms with Gasteiger partial charge >= 0.3 is 0 Å². The van der Waals surface area contributed by atoms with E-state index in [1.54, 1.807) is 0 Å². The van der Waals surface area contributed by atoms with Crippen molar-refractivity contribution in [3.63, 3.8) is 0 Å². The summed E-state index contributed by atoms with van der Waals surface area (Å²) in [7, 11) is 0. The van der Waals surface area contributed by atoms with Gasteiger partial charge in [0.05, 0.1) is 12.1 Å². The van der Waals surface area contributed by atoms with Crippen LogP contribution in [0.1, 0.15) is 12.5 Å². The smallest absolute Gasteiger partial charge is 0.246 e. The lowest BCUT2D eigenvalue weighted by atomic mass is 9.92. The lowest BCUT2D eigenvalue weighted by Gasteiger charge is -2.34. The highest BCUT2D eigenvalue weighted by Gasteiger charge is 2.32. The van der Waals surface area contributed by atoms with Gasteiger partial charge in [0, 0.05) is 0 Å². The van der Waals surface area contributed by atoms with Gasteiger partial charge < -0.3 is 10.1 Å². The third-order valence-electron chi connectivity index (χ3n) is 2.45. The zero-order valence-corrected chi connectivity index (χ0v) is 8.12. The Bertz CT molecular complexity index is 336. The van der Waals surface area contributed by atoms with E-state index in [1.165, 1.54) is 0 Å². The van der Waals surface area contributed by atoms with Gasteiger partial charge in [-0.05, 0) is 12.5 Å². The van der Waals surface area contributed by atoms with Gasteiger partial charge in [0.15, 0.2) is 0 Å². The molecule has 1 aliphatic heterocycles. The van der Waals surface area contributed by atoms with E-state index < -0.39 is 0 Å². The van der Waals surface area contributed by atoms with Crippen LogP contribution in [0.3, 0.4) is 0 Å². The minimum Gasteiger partial charge on any atom is -0.369 e. The Hall–Kier alpha value is -1.35. The highest BCUT2D eigenvalue weighted by Crippen LogP contribution is 2.22. The lowest BCUT2D eigenvalue weighted by molar-refractivity contribution is -0.135. The van der Waals surface area contributed by atoms with E-state index in [0.29, 0.717) is 6.61 Å². The summed E-state index contributed by atoms with van der Waals surface area (Å²) in [6.07, 6.45) is 0. The molecule has 1 aromatic carbocycles. The van der Waals surface area contributed by atoms with Crippen molar-refractivity contribution in [2.24, 2.45) is 0 Å². The Morgan fingerprint density at radius 3 is 2.71 bits per heavy atom. The van der Waals surface area contributed by atoms with E-state index in [2.05, 4.69) is 5.32 Å². The Morgan fingerprint density at radius 1 is 1.36 bits per heavy atom. The van der Waals surface area contributed by atoms with Crippen molar-refractivity contribution in [3.8, 4) is 0 Å². The van der Waals surface area contributed by atoms with Crippen molar-refractivity contribution in [1.29, 1.82) is 0 Å². The van der Waals surface area contributed by atoms with Crippen LogP contribution >= 0.6 is 0 Å². The van der Waals surface area contributed by atoms with Gasteiger partial charge in [-0.2, -0.15) is 0 Å². The van der Waals surface area contributed by atoms with Crippen molar-refractivity contribution in [2.45, 2.75) is 12.5 Å². The summed E-state index contributed by atoms with van der Waals surface area (Å²) in [5.74, 6) is -0.0531. The number of morpholine rings is 1. The molecular weight excluding hydrogens is 178 g/mol. The molecule has 1 fully saturated rings. The first-order chi connectivity index (χ1) is 6.71. The minimum atomic E-state index is -0.378. The van der Waals surface area contributed by atoms with Crippen LogP contribution in [0.4, 0.5) is 0 Å². The Labute approximate surface area is 83.1 Å². The van der Waals surface area contributed by atoms with Crippen LogP contribution in [0, 0.1) is 0 Å². The summed E-state index contributed by atoms with van der Waals surface area (Å²) in [5.41, 5.74) is 0.699. The zero-order chi connectivity index (χ0) is 10.0. The molecule has 0 spiro atoms. The van der Waals surface area contributed by atoms with Crippen molar-refractivity contribution in [2.75, 3.05) is 13.2 Å². The van der Waals surface area contributed by atoms with Gasteiger partial charge in [-0.1, -0.05) is 30.3 Å². The van der Waals surface area contributed by atoms with Crippen LogP contribution in [0.5, 0.6) is 0 Å². The lowest BCUT2D eigenvalue weighted by Crippen LogP contribution is -2.52. The van der Waals surface area contributed by atoms with E-state index in [9.17, 15) is 4.79 Å². The fourth-order valence-electron chi connectivity index (χ4n) is 1.69. The molecule has 0 saturated carbocycles. The normalized spacial score (nSPS) is 27.1. The van der Waals surface area contributed by atoms with Crippen molar-refractivity contribution < 1.29 is 9.53 Å². The summed E-state index contributed by atoms with van der Waals surface area (Å²) >= 11 is 0. The number of benzene rings is 1. The maximum atomic E-state index is 11.2. The van der Waals surface area contributed by atoms with Gasteiger partial charge in [0.25, 0.3) is 0 Å². The van der Waals surface area contributed by atoms with Crippen LogP contribution < -0.4 is 5.32 Å². The summed E-state index contributed by atoms with van der Waals surface area (Å²) in [4.78, 5) is 11.2. The number of nitrogens with one attached hydrogen (secondary N) is 1. The average molecular weight is 191 g/mol. The quantitative estimate of drug-likeness (QED) is 0.720. The van der Waals surface area contributed by atoms with Crippen molar-refractivity contribution >= 4 is 5.91 Å². The zero-order valence-electron chi connectivity index (χ0n) is 8.12. The van der Waals surface area contributed by atoms with E-state index in [1.807, 2.05) is 37.3 Å². The molecular formula is C11H13NO2. The number of carbonyl (C=O) groups is 1. The second-order valence-electron chi connectivity index (χ2n) is 3.74. The second-order valence-corrected chi connectivity index (χ2v) is 3.74. The van der Waals surface area contributed by atoms with Gasteiger partial charge in [0.1, 0.15) is 6.61 Å². The standard InChI is InChI=1S/C11H13NO2/c1-11(8-14-7-10(13)12-11)9-5-3-2-4-6-9/h2-6H,7-8H2,1H3,(H,12,13)/t11-/m1/s1. The molecule has 0 bridgehead atoms. The van der Waals surface area contributed by atoms with Gasteiger partial charge in [-0.25, -0.2) is 0 Å². The SMILES string of the molecule is C[C@]1(c2ccccc2)COCC(=O)N1. The molecule has 0 radical (unpaired) electrons. The fourth-order valence-corrected chi connectivity index (χ4v) is 1.69. The van der Waals surface area contributed by atoms with Crippen LogP contribution in [0.25, 0.3) is 0 Å². The predicted octanol–water partition coefficient (Wildman–Crippen LogP) is 1.05. The average Bonchev–Trinajstić information content (AvgIpc) is 2.19. The highest BCUT2D eigenvalue weighted by atomic mass is 16.5. The number of ether oxygens (including phenoxy) is 1. The Balaban J connectivity index is 2.27. The van der Waals surface area contributed by atoms with E-state index in [4.69, 9.17) is 4.74 Å². The molecule has 14 heavy (non-hydrogen) atoms. The number of rotatable bonds is 1. The molecule has 1 aliphatic rings. The predicted molar refractivity (Wildman–Crippen MR) is 52.8 cm³/mol. The highest BCUT2D eigenvalue weighted by molar-refractivity contribution is 5.79. The third-order valence-corrected chi connectivity index (χ3v) is 2.45. The summed E-state index contributed by atoms with van der Waals surface area (Å²) < 4.78 is 5.24. The second kappa shape index (κ2) is 3.42. The molecule has 1 atom stereocenters. The molecule has 1 N–H and O–H groups in total. The Morgan fingerprint density at radius 2 is 2.07 bits per heavy atom. The summed E-state index contributed by atoms with van der Waals surface area (Å²) in [6.45, 7) is 2.67. The fraction of sp³-hybridized carbons (Fsp3) is 0.364. The van der Waals surface area contributed by atoms with Gasteiger partial charge in [-0.15, -0.1) is 0 Å². The summed E-state index contributed by atoms with van der Waals surface area (Å²) in [5, 5.41) is 2.95.